The molecule has 10 heteroatoms. The van der Waals surface area contributed by atoms with Crippen molar-refractivity contribution in [1.29, 1.82) is 0 Å². The predicted octanol–water partition coefficient (Wildman–Crippen LogP) is 4.66. The number of rotatable bonds is 8. The van der Waals surface area contributed by atoms with Gasteiger partial charge in [0, 0.05) is 68.2 Å². The topological polar surface area (TPSA) is 117 Å². The molecule has 0 aliphatic carbocycles. The van der Waals surface area contributed by atoms with E-state index in [9.17, 15) is 14.7 Å². The zero-order chi connectivity index (χ0) is 31.5. The summed E-state index contributed by atoms with van der Waals surface area (Å²) >= 11 is 0. The van der Waals surface area contributed by atoms with E-state index in [1.54, 1.807) is 60.0 Å². The van der Waals surface area contributed by atoms with Gasteiger partial charge in [-0.05, 0) is 88.2 Å². The maximum Gasteiger partial charge on any atom is 0.258 e. The Morgan fingerprint density at radius 1 is 1.09 bits per heavy atom. The first-order chi connectivity index (χ1) is 21.2. The van der Waals surface area contributed by atoms with E-state index < -0.39 is 6.04 Å². The summed E-state index contributed by atoms with van der Waals surface area (Å²) in [6, 6.07) is 12.0. The fraction of sp³-hybridized carbons (Fsp3) is 0.471. The minimum absolute atomic E-state index is 0.0337. The molecule has 4 rings (SSSR count). The van der Waals surface area contributed by atoms with Crippen LogP contribution in [0.3, 0.4) is 0 Å². The van der Waals surface area contributed by atoms with E-state index in [0.29, 0.717) is 42.3 Å². The summed E-state index contributed by atoms with van der Waals surface area (Å²) < 4.78 is 12.8. The SMILES string of the molecule is C[C@@H]1CCCCO[C@@H](CN(C)Cc2ccncc2)[C@H](C)CN([C@H](C)CO)C(=O)c2cc(NC(=O)c3ccncc3)ccc2O1. The van der Waals surface area contributed by atoms with Crippen molar-refractivity contribution < 1.29 is 24.2 Å². The standard InChI is InChI=1S/C34H45N5O5/c1-24-20-39(25(2)23-40)34(42)30-19-29(37-33(41)28-12-16-36-17-13-28)8-9-31(30)44-26(3)7-5-6-18-43-32(24)22-38(4)21-27-10-14-35-15-11-27/h8-17,19,24-26,32,40H,5-7,18,20-23H2,1-4H3,(H,37,41)/t24-,25-,26-,32+/m1/s1. The Balaban J connectivity index is 1.61. The van der Waals surface area contributed by atoms with Crippen molar-refractivity contribution in [2.75, 3.05) is 38.7 Å². The van der Waals surface area contributed by atoms with Gasteiger partial charge in [0.15, 0.2) is 0 Å². The molecular weight excluding hydrogens is 558 g/mol. The third-order valence-electron chi connectivity index (χ3n) is 7.95. The smallest absolute Gasteiger partial charge is 0.258 e. The lowest BCUT2D eigenvalue weighted by atomic mass is 10.0. The van der Waals surface area contributed by atoms with Crippen molar-refractivity contribution in [1.82, 2.24) is 19.8 Å². The lowest BCUT2D eigenvalue weighted by molar-refractivity contribution is -0.0177. The van der Waals surface area contributed by atoms with Gasteiger partial charge >= 0.3 is 0 Å². The largest absolute Gasteiger partial charge is 0.490 e. The Hall–Kier alpha value is -3.86. The number of pyridine rings is 2. The van der Waals surface area contributed by atoms with Crippen LogP contribution in [0.2, 0.25) is 0 Å². The van der Waals surface area contributed by atoms with Gasteiger partial charge in [0.2, 0.25) is 0 Å². The highest BCUT2D eigenvalue weighted by atomic mass is 16.5. The molecule has 2 aromatic heterocycles. The maximum atomic E-state index is 14.3. The molecule has 0 bridgehead atoms. The maximum absolute atomic E-state index is 14.3. The number of amides is 2. The molecule has 3 heterocycles. The Morgan fingerprint density at radius 2 is 1.80 bits per heavy atom. The van der Waals surface area contributed by atoms with Crippen LogP contribution in [0.5, 0.6) is 5.75 Å². The minimum atomic E-state index is -0.451. The third-order valence-corrected chi connectivity index (χ3v) is 7.95. The Morgan fingerprint density at radius 3 is 2.50 bits per heavy atom. The second kappa shape index (κ2) is 16.3. The highest BCUT2D eigenvalue weighted by molar-refractivity contribution is 6.05. The van der Waals surface area contributed by atoms with Gasteiger partial charge in [0.05, 0.1) is 30.4 Å². The predicted molar refractivity (Wildman–Crippen MR) is 170 cm³/mol. The van der Waals surface area contributed by atoms with Gasteiger partial charge in [0.25, 0.3) is 11.8 Å². The first-order valence-corrected chi connectivity index (χ1v) is 15.4. The summed E-state index contributed by atoms with van der Waals surface area (Å²) in [5, 5.41) is 13.1. The van der Waals surface area contributed by atoms with E-state index in [4.69, 9.17) is 9.47 Å². The van der Waals surface area contributed by atoms with Crippen LogP contribution in [0.25, 0.3) is 0 Å². The lowest BCUT2D eigenvalue weighted by Crippen LogP contribution is -2.47. The highest BCUT2D eigenvalue weighted by Crippen LogP contribution is 2.29. The molecular formula is C34H45N5O5. The summed E-state index contributed by atoms with van der Waals surface area (Å²) in [6.45, 7) is 8.14. The molecule has 0 saturated carbocycles. The Labute approximate surface area is 260 Å². The number of ether oxygens (including phenoxy) is 2. The van der Waals surface area contributed by atoms with E-state index in [1.165, 1.54) is 5.56 Å². The molecule has 1 aliphatic rings. The van der Waals surface area contributed by atoms with Gasteiger partial charge < -0.3 is 24.8 Å². The number of aliphatic hydroxyl groups is 1. The van der Waals surface area contributed by atoms with Crippen LogP contribution < -0.4 is 10.1 Å². The number of nitrogens with zero attached hydrogens (tertiary/aromatic N) is 4. The van der Waals surface area contributed by atoms with Crippen molar-refractivity contribution in [3.05, 3.63) is 83.9 Å². The summed E-state index contributed by atoms with van der Waals surface area (Å²) in [4.78, 5) is 39.2. The second-order valence-electron chi connectivity index (χ2n) is 11.8. The minimum Gasteiger partial charge on any atom is -0.490 e. The van der Waals surface area contributed by atoms with Crippen molar-refractivity contribution in [2.24, 2.45) is 5.92 Å². The molecule has 10 nitrogen and oxygen atoms in total. The molecule has 44 heavy (non-hydrogen) atoms. The van der Waals surface area contributed by atoms with Crippen LogP contribution in [0.15, 0.2) is 67.3 Å². The lowest BCUT2D eigenvalue weighted by Gasteiger charge is -2.36. The fourth-order valence-electron chi connectivity index (χ4n) is 5.34. The monoisotopic (exact) mass is 603 g/mol. The Bertz CT molecular complexity index is 1340. The summed E-state index contributed by atoms with van der Waals surface area (Å²) in [6.07, 6.45) is 9.05. The van der Waals surface area contributed by atoms with Crippen molar-refractivity contribution in [2.45, 2.75) is 64.8 Å². The molecule has 1 aromatic carbocycles. The number of aromatic nitrogens is 2. The first kappa shape index (κ1) is 33.0. The van der Waals surface area contributed by atoms with E-state index >= 15 is 0 Å². The molecule has 0 spiro atoms. The molecule has 1 aliphatic heterocycles. The molecule has 4 atom stereocenters. The number of nitrogens with one attached hydrogen (secondary N) is 1. The average Bonchev–Trinajstić information content (AvgIpc) is 3.03. The van der Waals surface area contributed by atoms with Crippen LogP contribution >= 0.6 is 0 Å². The molecule has 0 fully saturated rings. The first-order valence-electron chi connectivity index (χ1n) is 15.4. The number of hydrogen-bond acceptors (Lipinski definition) is 8. The molecule has 3 aromatic rings. The number of fused-ring (bicyclic) bond motifs is 1. The number of benzene rings is 1. The zero-order valence-electron chi connectivity index (χ0n) is 26.2. The zero-order valence-corrected chi connectivity index (χ0v) is 26.2. The normalized spacial score (nSPS) is 20.7. The molecule has 2 amide bonds. The van der Waals surface area contributed by atoms with E-state index in [-0.39, 0.29) is 36.5 Å². The van der Waals surface area contributed by atoms with Crippen LogP contribution in [0.1, 0.15) is 66.3 Å². The van der Waals surface area contributed by atoms with Gasteiger partial charge in [-0.15, -0.1) is 0 Å². The quantitative estimate of drug-likeness (QED) is 0.382. The van der Waals surface area contributed by atoms with Gasteiger partial charge in [-0.1, -0.05) is 6.92 Å². The third kappa shape index (κ3) is 9.32. The van der Waals surface area contributed by atoms with Gasteiger partial charge in [-0.2, -0.15) is 0 Å². The van der Waals surface area contributed by atoms with E-state index in [1.807, 2.05) is 26.0 Å². The number of carbonyl (C=O) groups is 2. The molecule has 0 saturated heterocycles. The van der Waals surface area contributed by atoms with Gasteiger partial charge in [0.1, 0.15) is 5.75 Å². The Kier molecular flexibility index (Phi) is 12.2. The molecule has 0 radical (unpaired) electrons. The average molecular weight is 604 g/mol. The number of carbonyl (C=O) groups excluding carboxylic acids is 2. The van der Waals surface area contributed by atoms with Gasteiger partial charge in [-0.25, -0.2) is 0 Å². The number of anilines is 1. The number of aliphatic hydroxyl groups excluding tert-OH is 1. The van der Waals surface area contributed by atoms with Crippen molar-refractivity contribution in [3.8, 4) is 5.75 Å². The van der Waals surface area contributed by atoms with E-state index in [0.717, 1.165) is 25.8 Å². The fourth-order valence-corrected chi connectivity index (χ4v) is 5.34. The van der Waals surface area contributed by atoms with Crippen LogP contribution in [0, 0.1) is 5.92 Å². The number of likely N-dealkylation sites (N-methyl/N-ethyl adjacent to an activating group) is 1. The second-order valence-corrected chi connectivity index (χ2v) is 11.8. The van der Waals surface area contributed by atoms with E-state index in [2.05, 4.69) is 34.2 Å². The van der Waals surface area contributed by atoms with Crippen LogP contribution in [0.4, 0.5) is 5.69 Å². The molecule has 236 valence electrons. The van der Waals surface area contributed by atoms with Crippen molar-refractivity contribution in [3.63, 3.8) is 0 Å². The number of hydrogen-bond donors (Lipinski definition) is 2. The molecule has 2 N–H and O–H groups in total. The summed E-state index contributed by atoms with van der Waals surface area (Å²) in [5.41, 5.74) is 2.43. The van der Waals surface area contributed by atoms with Crippen molar-refractivity contribution >= 4 is 17.5 Å². The summed E-state index contributed by atoms with van der Waals surface area (Å²) in [7, 11) is 2.07. The van der Waals surface area contributed by atoms with Crippen LogP contribution in [-0.2, 0) is 11.3 Å². The summed E-state index contributed by atoms with van der Waals surface area (Å²) in [5.74, 6) is -0.163. The van der Waals surface area contributed by atoms with Gasteiger partial charge in [-0.3, -0.25) is 24.5 Å². The molecule has 0 unspecified atom stereocenters. The van der Waals surface area contributed by atoms with Crippen LogP contribution in [-0.4, -0.2) is 88.3 Å². The highest BCUT2D eigenvalue weighted by Gasteiger charge is 2.30.